The van der Waals surface area contributed by atoms with Gasteiger partial charge in [-0.3, -0.25) is 23.9 Å². The molecule has 1 N–H and O–H groups in total. The Kier molecular flexibility index (Phi) is 7.89. The van der Waals surface area contributed by atoms with Gasteiger partial charge < -0.3 is 10.0 Å². The number of amides is 1. The molecule has 11 heteroatoms. The van der Waals surface area contributed by atoms with Crippen molar-refractivity contribution in [2.75, 3.05) is 18.0 Å². The molecule has 0 bridgehead atoms. The van der Waals surface area contributed by atoms with E-state index < -0.39 is 18.1 Å². The first-order chi connectivity index (χ1) is 16.7. The Balaban J connectivity index is 1.83. The molecule has 35 heavy (non-hydrogen) atoms. The van der Waals surface area contributed by atoms with Gasteiger partial charge in [-0.1, -0.05) is 55.2 Å². The number of allylic oxidation sites excluding steroid dienone is 1. The van der Waals surface area contributed by atoms with Gasteiger partial charge in [0.05, 0.1) is 15.2 Å². The van der Waals surface area contributed by atoms with Crippen LogP contribution in [0.5, 0.6) is 0 Å². The van der Waals surface area contributed by atoms with Crippen LogP contribution in [0.4, 0.5) is 5.69 Å². The van der Waals surface area contributed by atoms with Crippen molar-refractivity contribution in [2.24, 2.45) is 0 Å². The first-order valence-corrected chi connectivity index (χ1v) is 14.1. The average molecular weight is 548 g/mol. The number of thiazole rings is 1. The molecule has 0 unspecified atom stereocenters. The van der Waals surface area contributed by atoms with Crippen LogP contribution in [0.1, 0.15) is 32.3 Å². The summed E-state index contributed by atoms with van der Waals surface area (Å²) < 4.78 is 2.27. The van der Waals surface area contributed by atoms with Crippen molar-refractivity contribution in [3.63, 3.8) is 0 Å². The van der Waals surface area contributed by atoms with Gasteiger partial charge in [-0.15, -0.1) is 11.3 Å². The van der Waals surface area contributed by atoms with Crippen LogP contribution in [0, 0.1) is 6.92 Å². The maximum Gasteiger partial charge on any atom is 0.323 e. The third-order valence-electron chi connectivity index (χ3n) is 5.56. The number of anilines is 1. The number of hydrogen-bond donors (Lipinski definition) is 1. The van der Waals surface area contributed by atoms with E-state index in [0.717, 1.165) is 62.7 Å². The summed E-state index contributed by atoms with van der Waals surface area (Å²) in [5, 5.41) is 10.4. The molecular formula is C24H25N3O4S4. The van der Waals surface area contributed by atoms with Crippen molar-refractivity contribution in [3.05, 3.63) is 54.4 Å². The highest BCUT2D eigenvalue weighted by molar-refractivity contribution is 8.30. The lowest BCUT2D eigenvalue weighted by Gasteiger charge is -2.20. The van der Waals surface area contributed by atoms with Crippen LogP contribution in [0.2, 0.25) is 0 Å². The Morgan fingerprint density at radius 3 is 2.57 bits per heavy atom. The van der Waals surface area contributed by atoms with Crippen LogP contribution in [0.25, 0.3) is 11.0 Å². The fourth-order valence-electron chi connectivity index (χ4n) is 3.81. The second kappa shape index (κ2) is 10.7. The predicted molar refractivity (Wildman–Crippen MR) is 148 cm³/mol. The summed E-state index contributed by atoms with van der Waals surface area (Å²) in [4.78, 5) is 42.7. The van der Waals surface area contributed by atoms with Gasteiger partial charge in [-0.05, 0) is 50.1 Å². The van der Waals surface area contributed by atoms with Crippen molar-refractivity contribution in [3.8, 4) is 0 Å². The van der Waals surface area contributed by atoms with Crippen LogP contribution < -0.4 is 19.7 Å². The predicted octanol–water partition coefficient (Wildman–Crippen LogP) is 3.33. The van der Waals surface area contributed by atoms with Crippen LogP contribution in [-0.4, -0.2) is 43.9 Å². The molecular weight excluding hydrogens is 523 g/mol. The minimum Gasteiger partial charge on any atom is -0.480 e. The van der Waals surface area contributed by atoms with Gasteiger partial charge in [-0.25, -0.2) is 0 Å². The second-order valence-corrected chi connectivity index (χ2v) is 11.8. The van der Waals surface area contributed by atoms with E-state index in [9.17, 15) is 19.5 Å². The van der Waals surface area contributed by atoms with Crippen molar-refractivity contribution in [1.29, 1.82) is 0 Å². The molecule has 4 rings (SSSR count). The summed E-state index contributed by atoms with van der Waals surface area (Å²) in [7, 11) is 0. The summed E-state index contributed by atoms with van der Waals surface area (Å²) in [5.74, 6) is -1.44. The lowest BCUT2D eigenvalue weighted by molar-refractivity contribution is -0.137. The molecule has 2 aliphatic rings. The van der Waals surface area contributed by atoms with Gasteiger partial charge in [-0.2, -0.15) is 0 Å². The monoisotopic (exact) mass is 547 g/mol. The molecule has 1 saturated heterocycles. The number of aliphatic carboxylic acids is 1. The van der Waals surface area contributed by atoms with E-state index in [1.807, 2.05) is 13.0 Å². The largest absolute Gasteiger partial charge is 0.480 e. The zero-order chi connectivity index (χ0) is 25.3. The zero-order valence-electron chi connectivity index (χ0n) is 19.6. The Morgan fingerprint density at radius 2 is 1.91 bits per heavy atom. The Labute approximate surface area is 220 Å². The number of benzene rings is 1. The van der Waals surface area contributed by atoms with Crippen molar-refractivity contribution in [2.45, 2.75) is 45.1 Å². The number of carbonyl (C=O) groups is 2. The molecule has 0 saturated carbocycles. The molecule has 2 aliphatic heterocycles. The maximum atomic E-state index is 13.2. The normalized spacial score (nSPS) is 18.8. The van der Waals surface area contributed by atoms with E-state index in [1.54, 1.807) is 17.8 Å². The topological polar surface area (TPSA) is 82.8 Å². The minimum absolute atomic E-state index is 0.296. The van der Waals surface area contributed by atoms with E-state index in [0.29, 0.717) is 25.0 Å². The third-order valence-corrected chi connectivity index (χ3v) is 9.40. The summed E-state index contributed by atoms with van der Waals surface area (Å²) in [5.41, 5.74) is 1.92. The molecule has 0 radical (unpaired) electrons. The Morgan fingerprint density at radius 1 is 1.14 bits per heavy atom. The fourth-order valence-corrected chi connectivity index (χ4v) is 7.46. The highest BCUT2D eigenvalue weighted by Gasteiger charge is 2.33. The number of carboxylic acids is 1. The molecule has 0 atom stereocenters. The number of nitrogens with zero attached hydrogens (tertiary/aromatic N) is 3. The van der Waals surface area contributed by atoms with E-state index in [4.69, 9.17) is 12.2 Å². The van der Waals surface area contributed by atoms with Gasteiger partial charge in [0.25, 0.3) is 11.5 Å². The van der Waals surface area contributed by atoms with Crippen LogP contribution in [-0.2, 0) is 16.1 Å². The van der Waals surface area contributed by atoms with Gasteiger partial charge in [0, 0.05) is 18.0 Å². The van der Waals surface area contributed by atoms with Gasteiger partial charge in [0.2, 0.25) is 0 Å². The molecule has 1 aromatic carbocycles. The minimum atomic E-state index is -1.15. The maximum absolute atomic E-state index is 13.2. The lowest BCUT2D eigenvalue weighted by atomic mass is 10.2. The van der Waals surface area contributed by atoms with Gasteiger partial charge in [0.1, 0.15) is 20.4 Å². The number of aromatic nitrogens is 1. The molecule has 7 nitrogen and oxygen atoms in total. The summed E-state index contributed by atoms with van der Waals surface area (Å²) in [6.45, 7) is 6.80. The summed E-state index contributed by atoms with van der Waals surface area (Å²) >= 11 is 9.19. The quantitative estimate of drug-likeness (QED) is 0.529. The molecule has 0 spiro atoms. The van der Waals surface area contributed by atoms with Crippen LogP contribution in [0.3, 0.4) is 0 Å². The second-order valence-electron chi connectivity index (χ2n) is 8.05. The number of rotatable bonds is 7. The summed E-state index contributed by atoms with van der Waals surface area (Å²) in [6.07, 6.45) is 5.74. The Bertz CT molecular complexity index is 1420. The molecule has 1 amide bonds. The average Bonchev–Trinajstić information content (AvgIpc) is 3.41. The van der Waals surface area contributed by atoms with E-state index in [1.165, 1.54) is 10.5 Å². The molecule has 0 aliphatic carbocycles. The van der Waals surface area contributed by atoms with E-state index in [2.05, 4.69) is 36.9 Å². The lowest BCUT2D eigenvalue weighted by Crippen LogP contribution is -2.35. The third kappa shape index (κ3) is 5.13. The first-order valence-electron chi connectivity index (χ1n) is 11.2. The SMILES string of the molecule is CCCCN1/C(=C/C=c2/s/c(=C3\SC(=S)N(CC)C3=O)n(CC(=O)O)c2=O)Sc2ccc(C)cc21. The molecule has 1 fully saturated rings. The van der Waals surface area contributed by atoms with Crippen molar-refractivity contribution >= 4 is 79.9 Å². The number of thiocarbonyl (C=S) groups is 1. The number of carboxylic acid groups (broad SMARTS) is 1. The number of fused-ring (bicyclic) bond motifs is 1. The number of thioether (sulfide) groups is 2. The van der Waals surface area contributed by atoms with Crippen molar-refractivity contribution in [1.82, 2.24) is 9.47 Å². The molecule has 184 valence electrons. The molecule has 3 heterocycles. The van der Waals surface area contributed by atoms with Crippen molar-refractivity contribution < 1.29 is 14.7 Å². The number of hydrogen-bond acceptors (Lipinski definition) is 8. The highest BCUT2D eigenvalue weighted by Crippen LogP contribution is 2.46. The fraction of sp³-hybridized carbons (Fsp3) is 0.333. The van der Waals surface area contributed by atoms with Gasteiger partial charge in [0.15, 0.2) is 0 Å². The van der Waals surface area contributed by atoms with Crippen LogP contribution in [0.15, 0.2) is 39.0 Å². The highest BCUT2D eigenvalue weighted by atomic mass is 32.2. The van der Waals surface area contributed by atoms with E-state index in [-0.39, 0.29) is 5.91 Å². The van der Waals surface area contributed by atoms with E-state index >= 15 is 0 Å². The molecule has 2 aromatic rings. The van der Waals surface area contributed by atoms with Crippen LogP contribution >= 0.6 is 47.1 Å². The smallest absolute Gasteiger partial charge is 0.323 e. The number of aryl methyl sites for hydroxylation is 1. The number of carbonyl (C=O) groups excluding carboxylic acids is 1. The zero-order valence-corrected chi connectivity index (χ0v) is 22.8. The van der Waals surface area contributed by atoms with Gasteiger partial charge >= 0.3 is 5.97 Å². The Hall–Kier alpha value is -2.34. The molecule has 1 aromatic heterocycles. The summed E-state index contributed by atoms with van der Waals surface area (Å²) in [6, 6.07) is 6.37. The standard InChI is InChI=1S/C24H25N3O4S4/c1-4-6-11-26-15-12-14(3)7-8-16(15)33-18(26)10-9-17-21(30)27(13-19(28)29)23(34-17)20-22(31)25(5-2)24(32)35-20/h7-10,12H,4-6,11,13H2,1-3H3,(H,28,29)/b17-9+,18-10-,23-20-. The number of unbranched alkanes of at least 4 members (excludes halogenated alkanes) is 1. The first kappa shape index (κ1) is 25.7.